The van der Waals surface area contributed by atoms with Gasteiger partial charge in [-0.25, -0.2) is 9.37 Å². The zero-order valence-electron chi connectivity index (χ0n) is 20.9. The smallest absolute Gasteiger partial charge is 0.306 e. The highest BCUT2D eigenvalue weighted by Crippen LogP contribution is 2.59. The number of carbonyl (C=O) groups is 2. The van der Waals surface area contributed by atoms with Crippen LogP contribution in [0.3, 0.4) is 0 Å². The lowest BCUT2D eigenvalue weighted by Gasteiger charge is -2.56. The fourth-order valence-corrected chi connectivity index (χ4v) is 8.17. The van der Waals surface area contributed by atoms with Crippen LogP contribution in [0, 0.1) is 34.9 Å². The molecule has 5 aliphatic rings. The van der Waals surface area contributed by atoms with E-state index in [1.165, 1.54) is 50.8 Å². The normalized spacial score (nSPS) is 28.9. The van der Waals surface area contributed by atoms with Crippen LogP contribution in [-0.2, 0) is 4.79 Å². The van der Waals surface area contributed by atoms with E-state index in [0.717, 1.165) is 17.8 Å². The van der Waals surface area contributed by atoms with E-state index in [1.54, 1.807) is 18.2 Å². The molecule has 196 valence electrons. The number of hydrogen-bond donors (Lipinski definition) is 2. The predicted octanol–water partition coefficient (Wildman–Crippen LogP) is 5.79. The number of anilines is 1. The van der Waals surface area contributed by atoms with E-state index >= 15 is 0 Å². The van der Waals surface area contributed by atoms with Crippen LogP contribution in [0.2, 0.25) is 5.02 Å². The highest BCUT2D eigenvalue weighted by molar-refractivity contribution is 6.34. The summed E-state index contributed by atoms with van der Waals surface area (Å²) in [6, 6.07) is 6.61. The first-order chi connectivity index (χ1) is 17.8. The number of rotatable bonds is 6. The van der Waals surface area contributed by atoms with Gasteiger partial charge in [0.05, 0.1) is 22.7 Å². The Bertz CT molecular complexity index is 1190. The molecule has 5 fully saturated rings. The van der Waals surface area contributed by atoms with Gasteiger partial charge in [0.25, 0.3) is 5.91 Å². The molecule has 1 aromatic heterocycles. The Morgan fingerprint density at radius 1 is 1.08 bits per heavy atom. The fourth-order valence-electron chi connectivity index (χ4n) is 7.97. The SMILES string of the molecule is O=C(NCC12CC3CC(CC(C3)C1)C2)c1cc(-c2cc(F)cnc2N2CCC(C(=O)O)CC2)ccc1Cl. The molecule has 0 atom stereocenters. The van der Waals surface area contributed by atoms with Gasteiger partial charge < -0.3 is 15.3 Å². The van der Waals surface area contributed by atoms with Gasteiger partial charge in [-0.3, -0.25) is 9.59 Å². The minimum atomic E-state index is -0.783. The number of aliphatic carboxylic acids is 1. The average Bonchev–Trinajstić information content (AvgIpc) is 2.87. The van der Waals surface area contributed by atoms with E-state index in [9.17, 15) is 19.1 Å². The largest absolute Gasteiger partial charge is 0.481 e. The second-order valence-electron chi connectivity index (χ2n) is 11.9. The summed E-state index contributed by atoms with van der Waals surface area (Å²) in [5.74, 6) is 1.21. The van der Waals surface area contributed by atoms with Gasteiger partial charge in [-0.05, 0) is 98.3 Å². The number of nitrogens with one attached hydrogen (secondary N) is 1. The van der Waals surface area contributed by atoms with Crippen molar-refractivity contribution in [2.45, 2.75) is 51.4 Å². The van der Waals surface area contributed by atoms with Crippen molar-refractivity contribution in [3.8, 4) is 11.1 Å². The predicted molar refractivity (Wildman–Crippen MR) is 140 cm³/mol. The second kappa shape index (κ2) is 9.57. The molecular formula is C29H33ClFN3O3. The van der Waals surface area contributed by atoms with Gasteiger partial charge in [-0.2, -0.15) is 0 Å². The maximum absolute atomic E-state index is 14.3. The van der Waals surface area contributed by atoms with Gasteiger partial charge in [0.1, 0.15) is 11.6 Å². The Kier molecular flexibility index (Phi) is 6.38. The summed E-state index contributed by atoms with van der Waals surface area (Å²) in [4.78, 5) is 31.1. The first kappa shape index (κ1) is 24.7. The van der Waals surface area contributed by atoms with E-state index in [0.29, 0.717) is 60.0 Å². The first-order valence-corrected chi connectivity index (χ1v) is 13.9. The van der Waals surface area contributed by atoms with E-state index in [4.69, 9.17) is 11.6 Å². The van der Waals surface area contributed by atoms with Gasteiger partial charge in [-0.15, -0.1) is 0 Å². The number of halogens is 2. The van der Waals surface area contributed by atoms with Crippen LogP contribution in [-0.4, -0.2) is 41.6 Å². The number of piperidine rings is 1. The minimum absolute atomic E-state index is 0.198. The standard InChI is InChI=1S/C29H33ClFN3O3/c30-25-2-1-21(23-11-22(31)15-32-26(23)34-5-3-20(4-6-34)28(36)37)10-24(25)27(35)33-16-29-12-17-7-18(13-29)9-19(8-17)14-29/h1-2,10-11,15,17-20H,3-9,12-14,16H2,(H,33,35)(H,36,37). The highest BCUT2D eigenvalue weighted by atomic mass is 35.5. The zero-order chi connectivity index (χ0) is 25.7. The third-order valence-electron chi connectivity index (χ3n) is 9.29. The molecular weight excluding hydrogens is 493 g/mol. The Morgan fingerprint density at radius 3 is 2.35 bits per heavy atom. The van der Waals surface area contributed by atoms with Crippen molar-refractivity contribution in [3.63, 3.8) is 0 Å². The molecule has 4 bridgehead atoms. The zero-order valence-corrected chi connectivity index (χ0v) is 21.6. The minimum Gasteiger partial charge on any atom is -0.481 e. The van der Waals surface area contributed by atoms with Gasteiger partial charge in [-0.1, -0.05) is 17.7 Å². The maximum atomic E-state index is 14.3. The van der Waals surface area contributed by atoms with Crippen molar-refractivity contribution < 1.29 is 19.1 Å². The monoisotopic (exact) mass is 525 g/mol. The third kappa shape index (κ3) is 4.83. The quantitative estimate of drug-likeness (QED) is 0.499. The number of pyridine rings is 1. The van der Waals surface area contributed by atoms with Gasteiger partial charge in [0, 0.05) is 25.2 Å². The first-order valence-electron chi connectivity index (χ1n) is 13.5. The molecule has 1 aromatic carbocycles. The van der Waals surface area contributed by atoms with Crippen LogP contribution >= 0.6 is 11.6 Å². The lowest BCUT2D eigenvalue weighted by atomic mass is 9.49. The third-order valence-corrected chi connectivity index (χ3v) is 9.62. The number of carboxylic acid groups (broad SMARTS) is 1. The average molecular weight is 526 g/mol. The molecule has 0 unspecified atom stereocenters. The molecule has 0 radical (unpaired) electrons. The molecule has 8 heteroatoms. The topological polar surface area (TPSA) is 82.5 Å². The molecule has 2 aromatic rings. The van der Waals surface area contributed by atoms with Crippen LogP contribution in [0.5, 0.6) is 0 Å². The summed E-state index contributed by atoms with van der Waals surface area (Å²) in [6.07, 6.45) is 9.91. The van der Waals surface area contributed by atoms with Crippen molar-refractivity contribution in [2.24, 2.45) is 29.1 Å². The summed E-state index contributed by atoms with van der Waals surface area (Å²) in [5.41, 5.74) is 1.83. The summed E-state index contributed by atoms with van der Waals surface area (Å²) in [6.45, 7) is 1.73. The van der Waals surface area contributed by atoms with Crippen LogP contribution in [0.1, 0.15) is 61.7 Å². The summed E-state index contributed by atoms with van der Waals surface area (Å²) in [5, 5.41) is 12.9. The van der Waals surface area contributed by atoms with Gasteiger partial charge in [0.15, 0.2) is 0 Å². The van der Waals surface area contributed by atoms with Crippen molar-refractivity contribution in [3.05, 3.63) is 46.9 Å². The number of carboxylic acids is 1. The van der Waals surface area contributed by atoms with Crippen molar-refractivity contribution in [1.82, 2.24) is 10.3 Å². The molecule has 2 N–H and O–H groups in total. The molecule has 1 aliphatic heterocycles. The summed E-state index contributed by atoms with van der Waals surface area (Å²) >= 11 is 6.48. The van der Waals surface area contributed by atoms with Crippen molar-refractivity contribution in [1.29, 1.82) is 0 Å². The number of amides is 1. The van der Waals surface area contributed by atoms with Crippen LogP contribution in [0.25, 0.3) is 11.1 Å². The molecule has 4 saturated carbocycles. The molecule has 1 saturated heterocycles. The van der Waals surface area contributed by atoms with E-state index < -0.39 is 11.8 Å². The highest BCUT2D eigenvalue weighted by Gasteiger charge is 2.50. The molecule has 4 aliphatic carbocycles. The van der Waals surface area contributed by atoms with Crippen LogP contribution < -0.4 is 10.2 Å². The Hall–Kier alpha value is -2.67. The number of nitrogens with zero attached hydrogens (tertiary/aromatic N) is 2. The Labute approximate surface area is 221 Å². The lowest BCUT2D eigenvalue weighted by Crippen LogP contribution is -2.51. The number of benzene rings is 1. The van der Waals surface area contributed by atoms with Crippen molar-refractivity contribution in [2.75, 3.05) is 24.5 Å². The molecule has 0 spiro atoms. The summed E-state index contributed by atoms with van der Waals surface area (Å²) in [7, 11) is 0. The summed E-state index contributed by atoms with van der Waals surface area (Å²) < 4.78 is 14.3. The van der Waals surface area contributed by atoms with E-state index in [1.807, 2.05) is 4.90 Å². The lowest BCUT2D eigenvalue weighted by molar-refractivity contribution is -0.142. The van der Waals surface area contributed by atoms with E-state index in [-0.39, 0.29) is 17.2 Å². The molecule has 37 heavy (non-hydrogen) atoms. The number of aromatic nitrogens is 1. The van der Waals surface area contributed by atoms with Crippen LogP contribution in [0.15, 0.2) is 30.5 Å². The molecule has 2 heterocycles. The molecule has 6 nitrogen and oxygen atoms in total. The molecule has 1 amide bonds. The van der Waals surface area contributed by atoms with Crippen LogP contribution in [0.4, 0.5) is 10.2 Å². The fraction of sp³-hybridized carbons (Fsp3) is 0.552. The Morgan fingerprint density at radius 2 is 1.73 bits per heavy atom. The second-order valence-corrected chi connectivity index (χ2v) is 12.3. The molecule has 7 rings (SSSR count). The number of hydrogen-bond acceptors (Lipinski definition) is 4. The maximum Gasteiger partial charge on any atom is 0.306 e. The van der Waals surface area contributed by atoms with Gasteiger partial charge in [0.2, 0.25) is 0 Å². The van der Waals surface area contributed by atoms with Gasteiger partial charge >= 0.3 is 5.97 Å². The van der Waals surface area contributed by atoms with E-state index in [2.05, 4.69) is 10.3 Å². The van der Waals surface area contributed by atoms with Crippen molar-refractivity contribution >= 4 is 29.3 Å². The Balaban J connectivity index is 1.22. The number of carbonyl (C=O) groups excluding carboxylic acids is 1.